The largest absolute Gasteiger partial charge is 0.422 e. The van der Waals surface area contributed by atoms with Crippen molar-refractivity contribution in [2.24, 2.45) is 5.10 Å². The molecule has 1 fully saturated rings. The maximum absolute atomic E-state index is 12.7. The molecule has 0 aliphatic carbocycles. The van der Waals surface area contributed by atoms with Gasteiger partial charge >= 0.3 is 5.63 Å². The lowest BCUT2D eigenvalue weighted by Crippen LogP contribution is -2.33. The fourth-order valence-electron chi connectivity index (χ4n) is 3.88. The molecule has 1 saturated heterocycles. The topological polar surface area (TPSA) is 73.1 Å². The highest BCUT2D eigenvalue weighted by atomic mass is 16.4. The molecule has 3 aliphatic heterocycles. The van der Waals surface area contributed by atoms with Gasteiger partial charge < -0.3 is 20.0 Å². The molecule has 5 rings (SSSR count). The highest BCUT2D eigenvalue weighted by Gasteiger charge is 2.26. The average molecular weight is 377 g/mol. The Morgan fingerprint density at radius 2 is 2.14 bits per heavy atom. The van der Waals surface area contributed by atoms with E-state index < -0.39 is 0 Å². The molecule has 0 bridgehead atoms. The number of hydrogen-bond donors (Lipinski definition) is 2. The zero-order valence-corrected chi connectivity index (χ0v) is 15.8. The Morgan fingerprint density at radius 3 is 3.07 bits per heavy atom. The van der Waals surface area contributed by atoms with E-state index >= 15 is 0 Å². The molecule has 0 spiro atoms. The second-order valence-corrected chi connectivity index (χ2v) is 7.37. The van der Waals surface area contributed by atoms with Crippen molar-refractivity contribution in [1.82, 2.24) is 15.6 Å². The van der Waals surface area contributed by atoms with E-state index in [2.05, 4.69) is 26.7 Å². The highest BCUT2D eigenvalue weighted by Crippen LogP contribution is 2.26. The van der Waals surface area contributed by atoms with Crippen molar-refractivity contribution in [2.45, 2.75) is 19.5 Å². The summed E-state index contributed by atoms with van der Waals surface area (Å²) >= 11 is 0. The van der Waals surface area contributed by atoms with Crippen LogP contribution in [-0.2, 0) is 0 Å². The summed E-state index contributed by atoms with van der Waals surface area (Å²) in [6.07, 6.45) is 6.89. The van der Waals surface area contributed by atoms with Gasteiger partial charge in [0.25, 0.3) is 0 Å². The SMILES string of the molecule is CC1=NN2C=C(c3cc4ccc(N5CCCNCC5)cc4oc3=O)NC2C=C1. The number of rotatable bonds is 2. The monoisotopic (exact) mass is 377 g/mol. The summed E-state index contributed by atoms with van der Waals surface area (Å²) in [5.74, 6) is 0. The summed E-state index contributed by atoms with van der Waals surface area (Å²) in [4.78, 5) is 15.0. The van der Waals surface area contributed by atoms with Crippen molar-refractivity contribution in [3.63, 3.8) is 0 Å². The van der Waals surface area contributed by atoms with Gasteiger partial charge in [0.05, 0.1) is 23.2 Å². The molecule has 1 aromatic carbocycles. The Kier molecular flexibility index (Phi) is 4.16. The predicted octanol–water partition coefficient (Wildman–Crippen LogP) is 2.07. The van der Waals surface area contributed by atoms with Gasteiger partial charge in [0.15, 0.2) is 0 Å². The van der Waals surface area contributed by atoms with E-state index in [-0.39, 0.29) is 11.8 Å². The van der Waals surface area contributed by atoms with Crippen molar-refractivity contribution in [1.29, 1.82) is 0 Å². The molecule has 1 aromatic heterocycles. The zero-order chi connectivity index (χ0) is 19.1. The van der Waals surface area contributed by atoms with Crippen LogP contribution < -0.4 is 21.2 Å². The second-order valence-electron chi connectivity index (χ2n) is 7.37. The summed E-state index contributed by atoms with van der Waals surface area (Å²) in [5, 5.41) is 13.9. The van der Waals surface area contributed by atoms with Gasteiger partial charge in [-0.05, 0) is 50.2 Å². The van der Waals surface area contributed by atoms with Crippen LogP contribution in [0.1, 0.15) is 18.9 Å². The normalized spacial score (nSPS) is 21.8. The molecule has 4 heterocycles. The van der Waals surface area contributed by atoms with Gasteiger partial charge in [-0.1, -0.05) is 0 Å². The van der Waals surface area contributed by atoms with Gasteiger partial charge in [0.2, 0.25) is 0 Å². The lowest BCUT2D eigenvalue weighted by atomic mass is 10.1. The molecular weight excluding hydrogens is 354 g/mol. The van der Waals surface area contributed by atoms with Gasteiger partial charge in [-0.15, -0.1) is 0 Å². The Labute approximate surface area is 163 Å². The smallest absolute Gasteiger partial charge is 0.345 e. The van der Waals surface area contributed by atoms with E-state index in [9.17, 15) is 4.79 Å². The summed E-state index contributed by atoms with van der Waals surface area (Å²) in [7, 11) is 0. The Hall–Kier alpha value is -3.06. The van der Waals surface area contributed by atoms with Gasteiger partial charge in [0, 0.05) is 36.8 Å². The van der Waals surface area contributed by atoms with Crippen LogP contribution in [0, 0.1) is 0 Å². The van der Waals surface area contributed by atoms with Crippen LogP contribution in [-0.4, -0.2) is 43.1 Å². The predicted molar refractivity (Wildman–Crippen MR) is 111 cm³/mol. The van der Waals surface area contributed by atoms with E-state index in [1.165, 1.54) is 0 Å². The van der Waals surface area contributed by atoms with Crippen LogP contribution in [0.3, 0.4) is 0 Å². The molecule has 28 heavy (non-hydrogen) atoms. The van der Waals surface area contributed by atoms with Crippen LogP contribution >= 0.6 is 0 Å². The third-order valence-corrected chi connectivity index (χ3v) is 5.36. The van der Waals surface area contributed by atoms with Crippen LogP contribution in [0.25, 0.3) is 16.7 Å². The first-order valence-electron chi connectivity index (χ1n) is 9.71. The fourth-order valence-corrected chi connectivity index (χ4v) is 3.88. The number of hydrazone groups is 1. The minimum absolute atomic E-state index is 0.0622. The van der Waals surface area contributed by atoms with Crippen molar-refractivity contribution < 1.29 is 4.42 Å². The molecule has 144 valence electrons. The average Bonchev–Trinajstić information content (AvgIpc) is 2.91. The van der Waals surface area contributed by atoms with Crippen molar-refractivity contribution in [3.05, 3.63) is 58.6 Å². The van der Waals surface area contributed by atoms with Crippen LogP contribution in [0.4, 0.5) is 5.69 Å². The Balaban J connectivity index is 1.48. The first-order valence-corrected chi connectivity index (χ1v) is 9.71. The molecule has 0 radical (unpaired) electrons. The molecule has 7 heteroatoms. The lowest BCUT2D eigenvalue weighted by Gasteiger charge is -2.22. The molecule has 1 unspecified atom stereocenters. The van der Waals surface area contributed by atoms with Gasteiger partial charge in [0.1, 0.15) is 11.7 Å². The number of benzene rings is 1. The minimum atomic E-state index is -0.342. The number of nitrogens with one attached hydrogen (secondary N) is 2. The number of hydrogen-bond acceptors (Lipinski definition) is 7. The summed E-state index contributed by atoms with van der Waals surface area (Å²) in [5.41, 5.74) is 3.55. The third-order valence-electron chi connectivity index (χ3n) is 5.36. The zero-order valence-electron chi connectivity index (χ0n) is 15.8. The van der Waals surface area contributed by atoms with Crippen molar-refractivity contribution >= 4 is 28.1 Å². The Morgan fingerprint density at radius 1 is 1.21 bits per heavy atom. The quantitative estimate of drug-likeness (QED) is 0.781. The number of fused-ring (bicyclic) bond motifs is 2. The van der Waals surface area contributed by atoms with Gasteiger partial charge in [-0.3, -0.25) is 0 Å². The molecular formula is C21H23N5O2. The van der Waals surface area contributed by atoms with Crippen molar-refractivity contribution in [3.8, 4) is 0 Å². The number of nitrogens with zero attached hydrogens (tertiary/aromatic N) is 3. The van der Waals surface area contributed by atoms with Gasteiger partial charge in [-0.25, -0.2) is 9.80 Å². The summed E-state index contributed by atoms with van der Waals surface area (Å²) in [6.45, 7) is 5.91. The van der Waals surface area contributed by atoms with E-state index in [0.717, 1.165) is 55.1 Å². The summed E-state index contributed by atoms with van der Waals surface area (Å²) in [6, 6.07) is 8.00. The molecule has 3 aliphatic rings. The molecule has 0 amide bonds. The fraction of sp³-hybridized carbons (Fsp3) is 0.333. The molecule has 7 nitrogen and oxygen atoms in total. The first kappa shape index (κ1) is 17.1. The van der Waals surface area contributed by atoms with Gasteiger partial charge in [-0.2, -0.15) is 5.10 Å². The van der Waals surface area contributed by atoms with E-state index in [4.69, 9.17) is 4.42 Å². The molecule has 1 atom stereocenters. The third kappa shape index (κ3) is 3.07. The minimum Gasteiger partial charge on any atom is -0.422 e. The van der Waals surface area contributed by atoms with E-state index in [0.29, 0.717) is 11.1 Å². The van der Waals surface area contributed by atoms with E-state index in [1.807, 2.05) is 48.5 Å². The molecule has 0 saturated carbocycles. The van der Waals surface area contributed by atoms with E-state index in [1.54, 1.807) is 0 Å². The van der Waals surface area contributed by atoms with Crippen LogP contribution in [0.5, 0.6) is 0 Å². The van der Waals surface area contributed by atoms with Crippen LogP contribution in [0.15, 0.2) is 56.9 Å². The Bertz CT molecular complexity index is 1060. The number of anilines is 1. The first-order chi connectivity index (χ1) is 13.7. The van der Waals surface area contributed by atoms with Crippen molar-refractivity contribution in [2.75, 3.05) is 31.1 Å². The summed E-state index contributed by atoms with van der Waals surface area (Å²) < 4.78 is 5.69. The maximum atomic E-state index is 12.7. The molecule has 2 aromatic rings. The number of allylic oxidation sites excluding steroid dienone is 1. The standard InChI is InChI=1S/C21H23N5O2/c1-14-3-6-20-23-18(13-26(20)24-14)17-11-15-4-5-16(12-19(15)28-21(17)27)25-9-2-7-22-8-10-25/h3-6,11-13,20,22-23H,2,7-10H2,1H3. The highest BCUT2D eigenvalue weighted by molar-refractivity contribution is 5.93. The lowest BCUT2D eigenvalue weighted by molar-refractivity contribution is 0.339. The maximum Gasteiger partial charge on any atom is 0.345 e. The van der Waals surface area contributed by atoms with Crippen LogP contribution in [0.2, 0.25) is 0 Å². The second kappa shape index (κ2) is 6.83. The molecule has 2 N–H and O–H groups in total.